The van der Waals surface area contributed by atoms with Crippen LogP contribution in [0.4, 0.5) is 5.69 Å². The minimum Gasteiger partial charge on any atom is -0.274 e. The van der Waals surface area contributed by atoms with Crippen LogP contribution in [0.3, 0.4) is 0 Å². The van der Waals surface area contributed by atoms with Crippen molar-refractivity contribution < 1.29 is 9.59 Å². The largest absolute Gasteiger partial charge is 0.274 e. The lowest BCUT2D eigenvalue weighted by atomic mass is 9.81. The Morgan fingerprint density at radius 1 is 0.952 bits per heavy atom. The van der Waals surface area contributed by atoms with Crippen molar-refractivity contribution in [1.82, 2.24) is 4.98 Å². The molecule has 4 heteroatoms. The molecule has 2 unspecified atom stereocenters. The van der Waals surface area contributed by atoms with Gasteiger partial charge >= 0.3 is 0 Å². The zero-order valence-electron chi connectivity index (χ0n) is 11.7. The van der Waals surface area contributed by atoms with Crippen LogP contribution in [-0.2, 0) is 9.59 Å². The summed E-state index contributed by atoms with van der Waals surface area (Å²) in [6.45, 7) is 0. The summed E-state index contributed by atoms with van der Waals surface area (Å²) < 4.78 is 0. The van der Waals surface area contributed by atoms with Gasteiger partial charge in [0.1, 0.15) is 0 Å². The van der Waals surface area contributed by atoms with Gasteiger partial charge in [-0.15, -0.1) is 0 Å². The first-order valence-corrected chi connectivity index (χ1v) is 7.49. The van der Waals surface area contributed by atoms with Gasteiger partial charge in [-0.05, 0) is 25.0 Å². The van der Waals surface area contributed by atoms with Gasteiger partial charge in [-0.3, -0.25) is 14.6 Å². The molecule has 1 aromatic heterocycles. The number of fused-ring (bicyclic) bond motifs is 2. The van der Waals surface area contributed by atoms with Crippen LogP contribution in [0.15, 0.2) is 36.5 Å². The molecule has 2 aliphatic rings. The molecule has 2 atom stereocenters. The number of carbonyl (C=O) groups is 2. The molecule has 0 spiro atoms. The van der Waals surface area contributed by atoms with Gasteiger partial charge in [0.2, 0.25) is 11.8 Å². The van der Waals surface area contributed by atoms with Crippen LogP contribution in [0.1, 0.15) is 25.7 Å². The van der Waals surface area contributed by atoms with Crippen molar-refractivity contribution in [2.45, 2.75) is 25.7 Å². The third kappa shape index (κ3) is 1.78. The summed E-state index contributed by atoms with van der Waals surface area (Å²) in [6.07, 6.45) is 5.46. The summed E-state index contributed by atoms with van der Waals surface area (Å²) in [6, 6.07) is 9.46. The molecule has 2 amide bonds. The van der Waals surface area contributed by atoms with Crippen LogP contribution >= 0.6 is 0 Å². The highest BCUT2D eigenvalue weighted by molar-refractivity contribution is 6.24. The van der Waals surface area contributed by atoms with Gasteiger partial charge < -0.3 is 0 Å². The minimum absolute atomic E-state index is 0.0390. The number of anilines is 1. The third-order valence-electron chi connectivity index (χ3n) is 4.69. The molecule has 4 rings (SSSR count). The highest BCUT2D eigenvalue weighted by Crippen LogP contribution is 2.41. The van der Waals surface area contributed by atoms with Crippen molar-refractivity contribution in [2.75, 3.05) is 4.90 Å². The number of aromatic nitrogens is 1. The fraction of sp³-hybridized carbons (Fsp3) is 0.353. The molecule has 1 saturated heterocycles. The average molecular weight is 280 g/mol. The quantitative estimate of drug-likeness (QED) is 0.755. The van der Waals surface area contributed by atoms with Crippen molar-refractivity contribution in [2.24, 2.45) is 11.8 Å². The number of carbonyl (C=O) groups excluding carboxylic acids is 2. The Hall–Kier alpha value is -2.23. The van der Waals surface area contributed by atoms with Crippen LogP contribution in [0.25, 0.3) is 10.9 Å². The summed E-state index contributed by atoms with van der Waals surface area (Å²) in [5, 5.41) is 0.950. The predicted molar refractivity (Wildman–Crippen MR) is 79.7 cm³/mol. The number of rotatable bonds is 1. The highest BCUT2D eigenvalue weighted by Gasteiger charge is 2.49. The van der Waals surface area contributed by atoms with E-state index in [-0.39, 0.29) is 23.7 Å². The van der Waals surface area contributed by atoms with E-state index in [0.717, 1.165) is 36.6 Å². The normalized spacial score (nSPS) is 25.4. The van der Waals surface area contributed by atoms with Crippen molar-refractivity contribution in [1.29, 1.82) is 0 Å². The van der Waals surface area contributed by atoms with Gasteiger partial charge in [-0.25, -0.2) is 4.90 Å². The average Bonchev–Trinajstić information content (AvgIpc) is 2.79. The zero-order chi connectivity index (χ0) is 14.4. The monoisotopic (exact) mass is 280 g/mol. The molecule has 2 heterocycles. The molecule has 4 nitrogen and oxygen atoms in total. The Kier molecular flexibility index (Phi) is 2.77. The van der Waals surface area contributed by atoms with E-state index in [1.54, 1.807) is 6.20 Å². The molecular weight excluding hydrogens is 264 g/mol. The summed E-state index contributed by atoms with van der Waals surface area (Å²) in [5.74, 6) is -0.318. The van der Waals surface area contributed by atoms with E-state index in [1.165, 1.54) is 4.90 Å². The molecule has 0 N–H and O–H groups in total. The molecule has 1 aliphatic heterocycles. The number of para-hydroxylation sites is 1. The maximum Gasteiger partial charge on any atom is 0.237 e. The lowest BCUT2D eigenvalue weighted by Crippen LogP contribution is -2.31. The SMILES string of the molecule is O=C1C2CCCCC2C(=O)N1c1cccc2cccnc12. The Balaban J connectivity index is 1.85. The lowest BCUT2D eigenvalue weighted by Gasteiger charge is -2.19. The van der Waals surface area contributed by atoms with Crippen LogP contribution in [-0.4, -0.2) is 16.8 Å². The van der Waals surface area contributed by atoms with Crippen LogP contribution in [0, 0.1) is 11.8 Å². The fourth-order valence-corrected chi connectivity index (χ4v) is 3.67. The molecular formula is C17H16N2O2. The number of imide groups is 1. The Morgan fingerprint density at radius 3 is 2.33 bits per heavy atom. The number of pyridine rings is 1. The van der Waals surface area contributed by atoms with Crippen molar-refractivity contribution in [3.63, 3.8) is 0 Å². The minimum atomic E-state index is -0.120. The molecule has 1 aromatic carbocycles. The second-order valence-corrected chi connectivity index (χ2v) is 5.86. The first kappa shape index (κ1) is 12.5. The first-order valence-electron chi connectivity index (χ1n) is 7.49. The smallest absolute Gasteiger partial charge is 0.237 e. The number of nitrogens with zero attached hydrogens (tertiary/aromatic N) is 2. The fourth-order valence-electron chi connectivity index (χ4n) is 3.67. The van der Waals surface area contributed by atoms with E-state index in [4.69, 9.17) is 0 Å². The van der Waals surface area contributed by atoms with Crippen molar-refractivity contribution in [3.8, 4) is 0 Å². The molecule has 2 aromatic rings. The predicted octanol–water partition coefficient (Wildman–Crippen LogP) is 2.91. The van der Waals surface area contributed by atoms with E-state index in [9.17, 15) is 9.59 Å². The number of benzene rings is 1. The van der Waals surface area contributed by atoms with Gasteiger partial charge in [0.15, 0.2) is 0 Å². The molecule has 0 radical (unpaired) electrons. The topological polar surface area (TPSA) is 50.3 Å². The van der Waals surface area contributed by atoms with E-state index in [2.05, 4.69) is 4.98 Å². The first-order chi connectivity index (χ1) is 10.3. The highest BCUT2D eigenvalue weighted by atomic mass is 16.2. The van der Waals surface area contributed by atoms with Crippen LogP contribution in [0.2, 0.25) is 0 Å². The van der Waals surface area contributed by atoms with Gasteiger partial charge in [0, 0.05) is 11.6 Å². The Morgan fingerprint density at radius 2 is 1.62 bits per heavy atom. The molecule has 0 bridgehead atoms. The molecule has 1 saturated carbocycles. The van der Waals surface area contributed by atoms with Gasteiger partial charge in [-0.1, -0.05) is 31.0 Å². The van der Waals surface area contributed by atoms with Gasteiger partial charge in [0.25, 0.3) is 0 Å². The zero-order valence-corrected chi connectivity index (χ0v) is 11.7. The van der Waals surface area contributed by atoms with Crippen molar-refractivity contribution >= 4 is 28.4 Å². The van der Waals surface area contributed by atoms with E-state index >= 15 is 0 Å². The summed E-state index contributed by atoms with van der Waals surface area (Å²) in [7, 11) is 0. The summed E-state index contributed by atoms with van der Waals surface area (Å²) in [5.41, 5.74) is 1.36. The summed E-state index contributed by atoms with van der Waals surface area (Å²) in [4.78, 5) is 31.1. The molecule has 2 fully saturated rings. The standard InChI is InChI=1S/C17H16N2O2/c20-16-12-7-1-2-8-13(12)17(21)19(16)14-9-3-5-11-6-4-10-18-15(11)14/h3-6,9-10,12-13H,1-2,7-8H2. The number of hydrogen-bond acceptors (Lipinski definition) is 3. The second-order valence-electron chi connectivity index (χ2n) is 5.86. The van der Waals surface area contributed by atoms with Gasteiger partial charge in [0.05, 0.1) is 23.0 Å². The maximum absolute atomic E-state index is 12.7. The molecule has 106 valence electrons. The van der Waals surface area contributed by atoms with Crippen LogP contribution < -0.4 is 4.90 Å². The van der Waals surface area contributed by atoms with E-state index in [0.29, 0.717) is 5.69 Å². The second kappa shape index (κ2) is 4.65. The number of hydrogen-bond donors (Lipinski definition) is 0. The van der Waals surface area contributed by atoms with E-state index < -0.39 is 0 Å². The van der Waals surface area contributed by atoms with Crippen LogP contribution in [0.5, 0.6) is 0 Å². The maximum atomic E-state index is 12.7. The third-order valence-corrected chi connectivity index (χ3v) is 4.69. The van der Waals surface area contributed by atoms with Crippen molar-refractivity contribution in [3.05, 3.63) is 36.5 Å². The van der Waals surface area contributed by atoms with Gasteiger partial charge in [-0.2, -0.15) is 0 Å². The Labute approximate surface area is 122 Å². The Bertz CT molecular complexity index is 711. The van der Waals surface area contributed by atoms with E-state index in [1.807, 2.05) is 30.3 Å². The number of amides is 2. The lowest BCUT2D eigenvalue weighted by molar-refractivity contribution is -0.122. The molecule has 1 aliphatic carbocycles. The molecule has 21 heavy (non-hydrogen) atoms. The summed E-state index contributed by atoms with van der Waals surface area (Å²) >= 11 is 0.